The molecule has 2 heterocycles. The molecule has 1 aliphatic heterocycles. The third-order valence-corrected chi connectivity index (χ3v) is 4.10. The second-order valence-corrected chi connectivity index (χ2v) is 5.21. The lowest BCUT2D eigenvalue weighted by Crippen LogP contribution is -2.37. The maximum Gasteiger partial charge on any atom is 0.0853 e. The largest absolute Gasteiger partial charge is 0.390 e. The predicted octanol–water partition coefficient (Wildman–Crippen LogP) is 1.04. The molecule has 1 aromatic rings. The molecular weight excluding hydrogens is 200 g/mol. The molecule has 2 aliphatic rings. The zero-order valence-electron chi connectivity index (χ0n) is 9.50. The quantitative estimate of drug-likeness (QED) is 0.740. The van der Waals surface area contributed by atoms with Gasteiger partial charge in [-0.2, -0.15) is 0 Å². The highest BCUT2D eigenvalue weighted by Gasteiger charge is 2.38. The minimum absolute atomic E-state index is 0.0574. The summed E-state index contributed by atoms with van der Waals surface area (Å²) in [5.74, 6) is 0. The maximum absolute atomic E-state index is 9.10. The highest BCUT2D eigenvalue weighted by molar-refractivity contribution is 5.34. The molecule has 0 atom stereocenters. The lowest BCUT2D eigenvalue weighted by atomic mass is 9.76. The van der Waals surface area contributed by atoms with Crippen LogP contribution in [0.4, 0.5) is 0 Å². The van der Waals surface area contributed by atoms with Crippen molar-refractivity contribution in [3.8, 4) is 0 Å². The monoisotopic (exact) mass is 218 g/mol. The first-order valence-corrected chi connectivity index (χ1v) is 6.10. The van der Waals surface area contributed by atoms with E-state index in [1.54, 1.807) is 0 Å². The fourth-order valence-electron chi connectivity index (χ4n) is 3.17. The number of pyridine rings is 1. The number of aromatic nitrogens is 1. The number of hydrogen-bond donors (Lipinski definition) is 2. The first-order valence-electron chi connectivity index (χ1n) is 6.10. The topological polar surface area (TPSA) is 45.2 Å². The van der Waals surface area contributed by atoms with E-state index in [9.17, 15) is 0 Å². The molecule has 0 amide bonds. The summed E-state index contributed by atoms with van der Waals surface area (Å²) in [7, 11) is 0. The third kappa shape index (κ3) is 1.64. The number of nitrogens with one attached hydrogen (secondary N) is 1. The fraction of sp³-hybridized carbons (Fsp3) is 0.615. The van der Waals surface area contributed by atoms with E-state index in [1.165, 1.54) is 36.8 Å². The molecule has 0 bridgehead atoms. The average molecular weight is 218 g/mol. The number of hydrogen-bond acceptors (Lipinski definition) is 3. The maximum atomic E-state index is 9.10. The van der Waals surface area contributed by atoms with Crippen molar-refractivity contribution >= 4 is 0 Å². The van der Waals surface area contributed by atoms with Crippen LogP contribution in [-0.4, -0.2) is 23.2 Å². The number of fused-ring (bicyclic) bond motifs is 1. The lowest BCUT2D eigenvalue weighted by Gasteiger charge is -2.33. The molecule has 2 N–H and O–H groups in total. The van der Waals surface area contributed by atoms with Gasteiger partial charge in [0, 0.05) is 6.20 Å². The second kappa shape index (κ2) is 3.82. The van der Waals surface area contributed by atoms with E-state index in [1.807, 2.05) is 6.20 Å². The van der Waals surface area contributed by atoms with Crippen LogP contribution in [0.15, 0.2) is 12.3 Å². The average Bonchev–Trinajstić information content (AvgIpc) is 2.66. The highest BCUT2D eigenvalue weighted by Crippen LogP contribution is 2.43. The van der Waals surface area contributed by atoms with Gasteiger partial charge in [0.15, 0.2) is 0 Å². The fourth-order valence-corrected chi connectivity index (χ4v) is 3.17. The number of rotatable bonds is 1. The van der Waals surface area contributed by atoms with Gasteiger partial charge >= 0.3 is 0 Å². The summed E-state index contributed by atoms with van der Waals surface area (Å²) in [6.07, 6.45) is 6.88. The molecule has 3 heteroatoms. The highest BCUT2D eigenvalue weighted by atomic mass is 16.3. The van der Waals surface area contributed by atoms with Crippen LogP contribution >= 0.6 is 0 Å². The molecule has 1 aromatic heterocycles. The summed E-state index contributed by atoms with van der Waals surface area (Å²) in [5.41, 5.74) is 4.12. The standard InChI is InChI=1S/C13H18N2O/c16-9-12-5-10-6-13(1-3-14-4-2-13)7-11(10)8-15-12/h5,8,14,16H,1-4,6-7,9H2. The smallest absolute Gasteiger partial charge is 0.0853 e. The van der Waals surface area contributed by atoms with Crippen LogP contribution in [0, 0.1) is 5.41 Å². The Bertz CT molecular complexity index is 397. The number of aliphatic hydroxyl groups excluding tert-OH is 1. The number of nitrogens with zero attached hydrogens (tertiary/aromatic N) is 1. The molecule has 1 saturated heterocycles. The van der Waals surface area contributed by atoms with Crippen molar-refractivity contribution in [2.24, 2.45) is 5.41 Å². The SMILES string of the molecule is OCc1cc2c(cn1)CC1(CCNCC1)C2. The molecule has 16 heavy (non-hydrogen) atoms. The molecule has 1 fully saturated rings. The zero-order valence-corrected chi connectivity index (χ0v) is 9.50. The van der Waals surface area contributed by atoms with Crippen LogP contribution in [0.25, 0.3) is 0 Å². The van der Waals surface area contributed by atoms with Crippen LogP contribution in [0.5, 0.6) is 0 Å². The molecule has 0 saturated carbocycles. The Labute approximate surface area is 95.9 Å². The summed E-state index contributed by atoms with van der Waals surface area (Å²) in [4.78, 5) is 4.28. The van der Waals surface area contributed by atoms with Crippen molar-refractivity contribution in [3.63, 3.8) is 0 Å². The first-order chi connectivity index (χ1) is 7.81. The summed E-state index contributed by atoms with van der Waals surface area (Å²) < 4.78 is 0. The van der Waals surface area contributed by atoms with Crippen molar-refractivity contribution in [3.05, 3.63) is 29.1 Å². The molecule has 0 unspecified atom stereocenters. The van der Waals surface area contributed by atoms with Crippen molar-refractivity contribution < 1.29 is 5.11 Å². The second-order valence-electron chi connectivity index (χ2n) is 5.21. The van der Waals surface area contributed by atoms with Gasteiger partial charge in [-0.25, -0.2) is 0 Å². The van der Waals surface area contributed by atoms with E-state index in [2.05, 4.69) is 16.4 Å². The predicted molar refractivity (Wildman–Crippen MR) is 62.1 cm³/mol. The summed E-state index contributed by atoms with van der Waals surface area (Å²) in [5, 5.41) is 12.5. The van der Waals surface area contributed by atoms with Gasteiger partial charge in [-0.15, -0.1) is 0 Å². The van der Waals surface area contributed by atoms with E-state index in [0.717, 1.165) is 18.8 Å². The Morgan fingerprint density at radius 3 is 2.75 bits per heavy atom. The Morgan fingerprint density at radius 1 is 1.25 bits per heavy atom. The van der Waals surface area contributed by atoms with Gasteiger partial charge in [-0.3, -0.25) is 4.98 Å². The van der Waals surface area contributed by atoms with Crippen molar-refractivity contribution in [2.75, 3.05) is 13.1 Å². The molecule has 0 radical (unpaired) electrons. The lowest BCUT2D eigenvalue weighted by molar-refractivity contribution is 0.216. The van der Waals surface area contributed by atoms with Crippen molar-refractivity contribution in [1.29, 1.82) is 0 Å². The van der Waals surface area contributed by atoms with Gasteiger partial charge in [0.05, 0.1) is 12.3 Å². The Hall–Kier alpha value is -0.930. The van der Waals surface area contributed by atoms with E-state index < -0.39 is 0 Å². The van der Waals surface area contributed by atoms with E-state index in [0.29, 0.717) is 5.41 Å². The molecule has 0 aromatic carbocycles. The summed E-state index contributed by atoms with van der Waals surface area (Å²) in [6.45, 7) is 2.35. The van der Waals surface area contributed by atoms with E-state index in [-0.39, 0.29) is 6.61 Å². The van der Waals surface area contributed by atoms with Gasteiger partial charge in [-0.05, 0) is 61.4 Å². The molecule has 1 spiro atoms. The van der Waals surface area contributed by atoms with Crippen molar-refractivity contribution in [1.82, 2.24) is 10.3 Å². The van der Waals surface area contributed by atoms with Gasteiger partial charge in [0.2, 0.25) is 0 Å². The third-order valence-electron chi connectivity index (χ3n) is 4.10. The normalized spacial score (nSPS) is 22.3. The van der Waals surface area contributed by atoms with Gasteiger partial charge in [0.1, 0.15) is 0 Å². The van der Waals surface area contributed by atoms with Crippen LogP contribution in [0.3, 0.4) is 0 Å². The van der Waals surface area contributed by atoms with Crippen LogP contribution in [0.2, 0.25) is 0 Å². The number of piperidine rings is 1. The van der Waals surface area contributed by atoms with Gasteiger partial charge in [-0.1, -0.05) is 0 Å². The van der Waals surface area contributed by atoms with Crippen LogP contribution in [0.1, 0.15) is 29.7 Å². The first kappa shape index (κ1) is 10.2. The summed E-state index contributed by atoms with van der Waals surface area (Å²) in [6, 6.07) is 2.09. The number of aliphatic hydroxyl groups is 1. The molecule has 3 nitrogen and oxygen atoms in total. The van der Waals surface area contributed by atoms with Gasteiger partial charge < -0.3 is 10.4 Å². The summed E-state index contributed by atoms with van der Waals surface area (Å²) >= 11 is 0. The van der Waals surface area contributed by atoms with Crippen LogP contribution < -0.4 is 5.32 Å². The minimum Gasteiger partial charge on any atom is -0.390 e. The van der Waals surface area contributed by atoms with Crippen molar-refractivity contribution in [2.45, 2.75) is 32.3 Å². The molecule has 1 aliphatic carbocycles. The molecule has 86 valence electrons. The van der Waals surface area contributed by atoms with E-state index in [4.69, 9.17) is 5.11 Å². The molecule has 3 rings (SSSR count). The molecular formula is C13H18N2O. The Kier molecular flexibility index (Phi) is 2.45. The zero-order chi connectivity index (χ0) is 11.0. The van der Waals surface area contributed by atoms with Crippen LogP contribution in [-0.2, 0) is 19.4 Å². The van der Waals surface area contributed by atoms with Gasteiger partial charge in [0.25, 0.3) is 0 Å². The minimum atomic E-state index is 0.0574. The Morgan fingerprint density at radius 2 is 2.00 bits per heavy atom. The Balaban J connectivity index is 1.87. The van der Waals surface area contributed by atoms with E-state index >= 15 is 0 Å².